The molecule has 0 spiro atoms. The minimum absolute atomic E-state index is 0.0847. The number of hydrogen-bond donors (Lipinski definition) is 2. The van der Waals surface area contributed by atoms with Gasteiger partial charge in [-0.3, -0.25) is 14.4 Å². The highest BCUT2D eigenvalue weighted by Crippen LogP contribution is 2.28. The zero-order valence-electron chi connectivity index (χ0n) is 24.6. The lowest BCUT2D eigenvalue weighted by Crippen LogP contribution is -2.63. The number of carboxylic acids is 1. The maximum absolute atomic E-state index is 14.1. The van der Waals surface area contributed by atoms with Gasteiger partial charge in [0.25, 0.3) is 11.8 Å². The molecule has 0 aliphatic carbocycles. The summed E-state index contributed by atoms with van der Waals surface area (Å²) < 4.78 is 42.3. The van der Waals surface area contributed by atoms with Crippen LogP contribution in [0.2, 0.25) is 0 Å². The number of rotatable bonds is 8. The predicted octanol–water partition coefficient (Wildman–Crippen LogP) is 4.63. The summed E-state index contributed by atoms with van der Waals surface area (Å²) in [5.74, 6) is -3.20. The highest BCUT2D eigenvalue weighted by atomic mass is 32.2. The molecule has 1 aliphatic rings. The average molecular weight is 610 g/mol. The van der Waals surface area contributed by atoms with E-state index in [1.807, 2.05) is 45.9 Å². The van der Waals surface area contributed by atoms with Crippen LogP contribution in [0.3, 0.4) is 0 Å². The molecule has 3 aromatic rings. The van der Waals surface area contributed by atoms with Crippen molar-refractivity contribution < 1.29 is 32.3 Å². The van der Waals surface area contributed by atoms with Gasteiger partial charge in [0.05, 0.1) is 17.4 Å². The van der Waals surface area contributed by atoms with Crippen molar-refractivity contribution in [2.75, 3.05) is 13.1 Å². The quantitative estimate of drug-likeness (QED) is 0.384. The molecule has 43 heavy (non-hydrogen) atoms. The molecule has 11 heteroatoms. The first-order valence-electron chi connectivity index (χ1n) is 14.0. The topological polar surface area (TPSA) is 124 Å². The van der Waals surface area contributed by atoms with E-state index in [1.165, 1.54) is 4.90 Å². The van der Waals surface area contributed by atoms with E-state index in [4.69, 9.17) is 0 Å². The van der Waals surface area contributed by atoms with E-state index in [-0.39, 0.29) is 35.4 Å². The van der Waals surface area contributed by atoms with Gasteiger partial charge in [0, 0.05) is 18.7 Å². The number of carbonyl (C=O) groups excluding carboxylic acids is 2. The van der Waals surface area contributed by atoms with Crippen molar-refractivity contribution in [3.05, 3.63) is 101 Å². The second-order valence-electron chi connectivity index (χ2n) is 11.7. The third kappa shape index (κ3) is 7.29. The second kappa shape index (κ2) is 12.6. The van der Waals surface area contributed by atoms with Crippen LogP contribution in [0.25, 0.3) is 0 Å². The van der Waals surface area contributed by atoms with Gasteiger partial charge in [0.1, 0.15) is 5.82 Å². The normalized spacial score (nSPS) is 16.9. The Kier molecular flexibility index (Phi) is 9.36. The second-order valence-corrected chi connectivity index (χ2v) is 13.6. The van der Waals surface area contributed by atoms with Gasteiger partial charge in [-0.15, -0.1) is 0 Å². The predicted molar refractivity (Wildman–Crippen MR) is 159 cm³/mol. The van der Waals surface area contributed by atoms with Crippen molar-refractivity contribution in [2.24, 2.45) is 0 Å². The van der Waals surface area contributed by atoms with Crippen molar-refractivity contribution in [2.45, 2.75) is 63.1 Å². The van der Waals surface area contributed by atoms with Gasteiger partial charge in [0.2, 0.25) is 10.0 Å². The summed E-state index contributed by atoms with van der Waals surface area (Å²) in [5, 5.41) is 12.3. The number of carbonyl (C=O) groups is 3. The van der Waals surface area contributed by atoms with Crippen molar-refractivity contribution in [3.63, 3.8) is 0 Å². The molecular weight excluding hydrogens is 573 g/mol. The molecule has 3 aromatic carbocycles. The highest BCUT2D eigenvalue weighted by molar-refractivity contribution is 7.89. The molecule has 9 nitrogen and oxygen atoms in total. The summed E-state index contributed by atoms with van der Waals surface area (Å²) in [7, 11) is -4.38. The maximum Gasteiger partial charge on any atom is 0.305 e. The smallest absolute Gasteiger partial charge is 0.305 e. The van der Waals surface area contributed by atoms with Gasteiger partial charge in [-0.2, -0.15) is 4.31 Å². The van der Waals surface area contributed by atoms with Crippen LogP contribution in [0.15, 0.2) is 77.7 Å². The Morgan fingerprint density at radius 2 is 1.65 bits per heavy atom. The molecule has 0 saturated carbocycles. The number of amides is 2. The van der Waals surface area contributed by atoms with E-state index in [0.29, 0.717) is 5.56 Å². The largest absolute Gasteiger partial charge is 0.481 e. The SMILES string of the molecule is Cc1cccc(C(CC(=O)O)NC(=O)C2N(C(=O)c3ccc(C(C)(C)C)cc3)CCCN2S(=O)(=O)c2ccc(F)cc2)c1. The Balaban J connectivity index is 1.76. The molecule has 0 bridgehead atoms. The summed E-state index contributed by atoms with van der Waals surface area (Å²) in [6.45, 7) is 7.94. The van der Waals surface area contributed by atoms with E-state index < -0.39 is 52.3 Å². The summed E-state index contributed by atoms with van der Waals surface area (Å²) >= 11 is 0. The summed E-state index contributed by atoms with van der Waals surface area (Å²) in [6, 6.07) is 17.1. The van der Waals surface area contributed by atoms with E-state index in [0.717, 1.165) is 39.7 Å². The summed E-state index contributed by atoms with van der Waals surface area (Å²) in [5.41, 5.74) is 2.47. The number of carboxylic acid groups (broad SMARTS) is 1. The fourth-order valence-corrected chi connectivity index (χ4v) is 6.71. The number of aliphatic carboxylic acids is 1. The minimum Gasteiger partial charge on any atom is -0.481 e. The Labute approximate surface area is 251 Å². The molecule has 2 amide bonds. The van der Waals surface area contributed by atoms with E-state index in [9.17, 15) is 32.3 Å². The monoisotopic (exact) mass is 609 g/mol. The number of aryl methyl sites for hydroxylation is 1. The van der Waals surface area contributed by atoms with Crippen LogP contribution < -0.4 is 5.32 Å². The zero-order valence-corrected chi connectivity index (χ0v) is 25.4. The maximum atomic E-state index is 14.1. The number of halogens is 1. The van der Waals surface area contributed by atoms with Crippen LogP contribution in [0.5, 0.6) is 0 Å². The Morgan fingerprint density at radius 3 is 2.23 bits per heavy atom. The molecule has 1 fully saturated rings. The average Bonchev–Trinajstić information content (AvgIpc) is 2.95. The number of nitrogens with one attached hydrogen (secondary N) is 1. The third-order valence-corrected chi connectivity index (χ3v) is 9.27. The molecule has 2 unspecified atom stereocenters. The number of benzene rings is 3. The Hall–Kier alpha value is -4.09. The molecule has 4 rings (SSSR count). The lowest BCUT2D eigenvalue weighted by Gasteiger charge is -2.42. The van der Waals surface area contributed by atoms with Crippen LogP contribution in [-0.2, 0) is 25.0 Å². The molecule has 1 heterocycles. The van der Waals surface area contributed by atoms with Crippen molar-refractivity contribution in [3.8, 4) is 0 Å². The van der Waals surface area contributed by atoms with Gasteiger partial charge >= 0.3 is 5.97 Å². The first-order valence-corrected chi connectivity index (χ1v) is 15.4. The highest BCUT2D eigenvalue weighted by Gasteiger charge is 2.45. The fraction of sp³-hybridized carbons (Fsp3) is 0.344. The Bertz CT molecular complexity index is 1600. The molecule has 2 N–H and O–H groups in total. The van der Waals surface area contributed by atoms with Crippen molar-refractivity contribution in [1.29, 1.82) is 0 Å². The van der Waals surface area contributed by atoms with Gasteiger partial charge < -0.3 is 15.3 Å². The van der Waals surface area contributed by atoms with Gasteiger partial charge in [-0.1, -0.05) is 62.7 Å². The minimum atomic E-state index is -4.38. The molecule has 228 valence electrons. The van der Waals surface area contributed by atoms with E-state index in [2.05, 4.69) is 5.32 Å². The molecule has 0 aromatic heterocycles. The van der Waals surface area contributed by atoms with Crippen LogP contribution in [-0.4, -0.2) is 59.8 Å². The van der Waals surface area contributed by atoms with E-state index in [1.54, 1.807) is 30.3 Å². The molecular formula is C32H36FN3O6S. The van der Waals surface area contributed by atoms with Gasteiger partial charge in [0.15, 0.2) is 6.17 Å². The summed E-state index contributed by atoms with van der Waals surface area (Å²) in [6.07, 6.45) is -1.85. The fourth-order valence-electron chi connectivity index (χ4n) is 5.11. The van der Waals surface area contributed by atoms with Crippen molar-refractivity contribution in [1.82, 2.24) is 14.5 Å². The first kappa shape index (κ1) is 31.8. The molecule has 2 atom stereocenters. The lowest BCUT2D eigenvalue weighted by molar-refractivity contribution is -0.138. The molecule has 0 radical (unpaired) electrons. The zero-order chi connectivity index (χ0) is 31.5. The van der Waals surface area contributed by atoms with Crippen LogP contribution in [0, 0.1) is 12.7 Å². The van der Waals surface area contributed by atoms with Gasteiger partial charge in [-0.25, -0.2) is 12.8 Å². The number of hydrogen-bond acceptors (Lipinski definition) is 5. The molecule has 1 saturated heterocycles. The van der Waals surface area contributed by atoms with Crippen LogP contribution >= 0.6 is 0 Å². The summed E-state index contributed by atoms with van der Waals surface area (Å²) in [4.78, 5) is 40.7. The first-order chi connectivity index (χ1) is 20.2. The third-order valence-electron chi connectivity index (χ3n) is 7.40. The van der Waals surface area contributed by atoms with Crippen LogP contribution in [0.4, 0.5) is 4.39 Å². The Morgan fingerprint density at radius 1 is 1.00 bits per heavy atom. The lowest BCUT2D eigenvalue weighted by atomic mass is 9.86. The standard InChI is InChI=1S/C32H36FN3O6S/c1-21-7-5-8-23(19-21)27(20-28(37)38)34-29(39)30-35(31(40)22-9-11-24(12-10-22)32(2,3)4)17-6-18-36(30)43(41,42)26-15-13-25(33)14-16-26/h5,7-16,19,27,30H,6,17-18,20H2,1-4H3,(H,34,39)(H,37,38). The number of nitrogens with zero attached hydrogens (tertiary/aromatic N) is 2. The van der Waals surface area contributed by atoms with Crippen LogP contribution in [0.1, 0.15) is 66.7 Å². The number of sulfonamides is 1. The van der Waals surface area contributed by atoms with Gasteiger partial charge in [-0.05, 0) is 66.3 Å². The van der Waals surface area contributed by atoms with Crippen molar-refractivity contribution >= 4 is 27.8 Å². The van der Waals surface area contributed by atoms with E-state index >= 15 is 0 Å². The molecule has 1 aliphatic heterocycles.